The Balaban J connectivity index is 1.68. The monoisotopic (exact) mass is 362 g/mol. The standard InChI is InChI=1S/C22H26N4O/c1-22(2,3)20(27)17-12-23-21-19(17)26-18(13-24-21)14-7-6-10-16(11-14)25-15-8-4-5-9-15/h6-7,10-13,15,25H,4-5,8-9H2,1-3H3,(H,23,24). The minimum Gasteiger partial charge on any atom is -0.382 e. The first-order chi connectivity index (χ1) is 12.9. The zero-order chi connectivity index (χ0) is 19.0. The first-order valence-corrected chi connectivity index (χ1v) is 9.68. The highest BCUT2D eigenvalue weighted by Crippen LogP contribution is 2.28. The van der Waals surface area contributed by atoms with Crippen LogP contribution in [0.5, 0.6) is 0 Å². The van der Waals surface area contributed by atoms with Gasteiger partial charge in [-0.05, 0) is 25.0 Å². The van der Waals surface area contributed by atoms with Gasteiger partial charge in [-0.3, -0.25) is 4.79 Å². The number of nitrogens with zero attached hydrogens (tertiary/aromatic N) is 2. The van der Waals surface area contributed by atoms with Crippen LogP contribution >= 0.6 is 0 Å². The van der Waals surface area contributed by atoms with E-state index >= 15 is 0 Å². The molecule has 0 amide bonds. The Hall–Kier alpha value is -2.69. The largest absolute Gasteiger partial charge is 0.382 e. The summed E-state index contributed by atoms with van der Waals surface area (Å²) in [5, 5.41) is 3.62. The SMILES string of the molecule is CC(C)(C)C(=O)c1c[nH]c2ncc(-c3cccc(NC4CCCC4)c3)nc12. The van der Waals surface area contributed by atoms with Crippen LogP contribution < -0.4 is 5.32 Å². The van der Waals surface area contributed by atoms with Crippen LogP contribution in [0.25, 0.3) is 22.4 Å². The molecule has 5 nitrogen and oxygen atoms in total. The van der Waals surface area contributed by atoms with Crippen molar-refractivity contribution in [2.75, 3.05) is 5.32 Å². The Morgan fingerprint density at radius 3 is 2.74 bits per heavy atom. The molecule has 0 atom stereocenters. The van der Waals surface area contributed by atoms with E-state index in [0.29, 0.717) is 22.8 Å². The first-order valence-electron chi connectivity index (χ1n) is 9.68. The van der Waals surface area contributed by atoms with Gasteiger partial charge in [0, 0.05) is 28.9 Å². The molecular formula is C22H26N4O. The molecule has 1 aliphatic rings. The number of hydrogen-bond acceptors (Lipinski definition) is 4. The number of H-pyrrole nitrogens is 1. The molecule has 2 aromatic heterocycles. The molecule has 1 fully saturated rings. The van der Waals surface area contributed by atoms with E-state index in [1.54, 1.807) is 12.4 Å². The summed E-state index contributed by atoms with van der Waals surface area (Å²) in [5.41, 5.74) is 4.32. The van der Waals surface area contributed by atoms with Crippen molar-refractivity contribution in [3.05, 3.63) is 42.2 Å². The van der Waals surface area contributed by atoms with Crippen molar-refractivity contribution in [1.29, 1.82) is 0 Å². The molecule has 0 bridgehead atoms. The summed E-state index contributed by atoms with van der Waals surface area (Å²) in [4.78, 5) is 25.1. The molecule has 0 saturated heterocycles. The first kappa shape index (κ1) is 17.7. The van der Waals surface area contributed by atoms with Crippen LogP contribution in [-0.4, -0.2) is 26.8 Å². The Kier molecular flexibility index (Phi) is 4.46. The number of nitrogens with one attached hydrogen (secondary N) is 2. The van der Waals surface area contributed by atoms with Gasteiger partial charge < -0.3 is 10.3 Å². The number of benzene rings is 1. The predicted molar refractivity (Wildman–Crippen MR) is 109 cm³/mol. The van der Waals surface area contributed by atoms with Crippen molar-refractivity contribution in [1.82, 2.24) is 15.0 Å². The molecule has 0 spiro atoms. The van der Waals surface area contributed by atoms with Crippen molar-refractivity contribution >= 4 is 22.6 Å². The number of Topliss-reactive ketones (excluding diaryl/α,β-unsaturated/α-hetero) is 1. The van der Waals surface area contributed by atoms with E-state index in [1.807, 2.05) is 32.9 Å². The van der Waals surface area contributed by atoms with Crippen LogP contribution in [0.3, 0.4) is 0 Å². The van der Waals surface area contributed by atoms with Crippen LogP contribution in [-0.2, 0) is 0 Å². The summed E-state index contributed by atoms with van der Waals surface area (Å²) in [7, 11) is 0. The van der Waals surface area contributed by atoms with Crippen LogP contribution in [0.4, 0.5) is 5.69 Å². The molecule has 27 heavy (non-hydrogen) atoms. The molecule has 140 valence electrons. The molecular weight excluding hydrogens is 336 g/mol. The van der Waals surface area contributed by atoms with Gasteiger partial charge in [-0.2, -0.15) is 0 Å². The number of rotatable bonds is 4. The number of aromatic amines is 1. The second-order valence-corrected chi connectivity index (χ2v) is 8.44. The summed E-state index contributed by atoms with van der Waals surface area (Å²) in [5.74, 6) is 0.0665. The van der Waals surface area contributed by atoms with E-state index in [2.05, 4.69) is 27.4 Å². The number of hydrogen-bond donors (Lipinski definition) is 2. The fraction of sp³-hybridized carbons (Fsp3) is 0.409. The maximum Gasteiger partial charge on any atom is 0.171 e. The van der Waals surface area contributed by atoms with Crippen molar-refractivity contribution < 1.29 is 4.79 Å². The Morgan fingerprint density at radius 1 is 1.22 bits per heavy atom. The summed E-state index contributed by atoms with van der Waals surface area (Å²) in [6, 6.07) is 8.85. The van der Waals surface area contributed by atoms with Gasteiger partial charge in [0.1, 0.15) is 5.52 Å². The predicted octanol–water partition coefficient (Wildman–Crippen LogP) is 5.21. The highest BCUT2D eigenvalue weighted by Gasteiger charge is 2.26. The van der Waals surface area contributed by atoms with E-state index < -0.39 is 5.41 Å². The maximum atomic E-state index is 12.7. The van der Waals surface area contributed by atoms with Gasteiger partial charge in [0.15, 0.2) is 11.4 Å². The van der Waals surface area contributed by atoms with E-state index in [1.165, 1.54) is 25.7 Å². The second-order valence-electron chi connectivity index (χ2n) is 8.44. The van der Waals surface area contributed by atoms with Crippen molar-refractivity contribution in [2.45, 2.75) is 52.5 Å². The minimum atomic E-state index is -0.460. The highest BCUT2D eigenvalue weighted by molar-refractivity contribution is 6.08. The topological polar surface area (TPSA) is 70.7 Å². The van der Waals surface area contributed by atoms with Crippen molar-refractivity contribution in [2.24, 2.45) is 5.41 Å². The fourth-order valence-electron chi connectivity index (χ4n) is 3.68. The third kappa shape index (κ3) is 3.59. The van der Waals surface area contributed by atoms with E-state index in [9.17, 15) is 4.79 Å². The van der Waals surface area contributed by atoms with E-state index in [4.69, 9.17) is 4.98 Å². The molecule has 3 aromatic rings. The summed E-state index contributed by atoms with van der Waals surface area (Å²) in [6.07, 6.45) is 8.56. The van der Waals surface area contributed by atoms with Crippen LogP contribution in [0, 0.1) is 5.41 Å². The van der Waals surface area contributed by atoms with Crippen LogP contribution in [0.2, 0.25) is 0 Å². The maximum absolute atomic E-state index is 12.7. The lowest BCUT2D eigenvalue weighted by atomic mass is 9.87. The lowest BCUT2D eigenvalue weighted by Crippen LogP contribution is -2.20. The molecule has 2 heterocycles. The molecule has 0 aliphatic heterocycles. The average Bonchev–Trinajstić information content (AvgIpc) is 3.29. The van der Waals surface area contributed by atoms with E-state index in [-0.39, 0.29) is 5.78 Å². The molecule has 0 radical (unpaired) electrons. The van der Waals surface area contributed by atoms with Gasteiger partial charge in [-0.1, -0.05) is 45.7 Å². The Bertz CT molecular complexity index is 977. The zero-order valence-corrected chi connectivity index (χ0v) is 16.2. The third-order valence-corrected chi connectivity index (χ3v) is 5.19. The van der Waals surface area contributed by atoms with Crippen molar-refractivity contribution in [3.63, 3.8) is 0 Å². The van der Waals surface area contributed by atoms with Crippen molar-refractivity contribution in [3.8, 4) is 11.3 Å². The summed E-state index contributed by atoms with van der Waals surface area (Å²) >= 11 is 0. The Labute approximate surface area is 159 Å². The molecule has 1 aromatic carbocycles. The summed E-state index contributed by atoms with van der Waals surface area (Å²) in [6.45, 7) is 5.76. The fourth-order valence-corrected chi connectivity index (χ4v) is 3.68. The number of anilines is 1. The normalized spacial score (nSPS) is 15.4. The molecule has 4 rings (SSSR count). The molecule has 2 N–H and O–H groups in total. The van der Waals surface area contributed by atoms with Crippen LogP contribution in [0.1, 0.15) is 56.8 Å². The highest BCUT2D eigenvalue weighted by atomic mass is 16.1. The number of aromatic nitrogens is 3. The quantitative estimate of drug-likeness (QED) is 0.625. The number of carbonyl (C=O) groups is 1. The lowest BCUT2D eigenvalue weighted by molar-refractivity contribution is 0.0860. The number of carbonyl (C=O) groups excluding carboxylic acids is 1. The van der Waals surface area contributed by atoms with Gasteiger partial charge in [-0.15, -0.1) is 0 Å². The van der Waals surface area contributed by atoms with Gasteiger partial charge in [0.2, 0.25) is 0 Å². The number of ketones is 1. The molecule has 1 aliphatic carbocycles. The van der Waals surface area contributed by atoms with Crippen LogP contribution in [0.15, 0.2) is 36.7 Å². The van der Waals surface area contributed by atoms with Gasteiger partial charge >= 0.3 is 0 Å². The lowest BCUT2D eigenvalue weighted by Gasteiger charge is -2.15. The summed E-state index contributed by atoms with van der Waals surface area (Å²) < 4.78 is 0. The molecule has 1 saturated carbocycles. The third-order valence-electron chi connectivity index (χ3n) is 5.19. The smallest absolute Gasteiger partial charge is 0.171 e. The number of fused-ring (bicyclic) bond motifs is 1. The van der Waals surface area contributed by atoms with Gasteiger partial charge in [0.05, 0.1) is 17.5 Å². The van der Waals surface area contributed by atoms with Gasteiger partial charge in [0.25, 0.3) is 0 Å². The minimum absolute atomic E-state index is 0.0665. The zero-order valence-electron chi connectivity index (χ0n) is 16.2. The van der Waals surface area contributed by atoms with E-state index in [0.717, 1.165) is 16.9 Å². The van der Waals surface area contributed by atoms with Gasteiger partial charge in [-0.25, -0.2) is 9.97 Å². The Morgan fingerprint density at radius 2 is 2.00 bits per heavy atom. The molecule has 5 heteroatoms. The molecule has 0 unspecified atom stereocenters. The average molecular weight is 362 g/mol. The second kappa shape index (κ2) is 6.80.